The van der Waals surface area contributed by atoms with E-state index in [4.69, 9.17) is 10.6 Å². The van der Waals surface area contributed by atoms with Crippen LogP contribution in [0, 0.1) is 4.91 Å². The van der Waals surface area contributed by atoms with Crippen molar-refractivity contribution in [1.82, 2.24) is 9.80 Å². The highest BCUT2D eigenvalue weighted by molar-refractivity contribution is 5.99. The topological polar surface area (TPSA) is 142 Å². The fourth-order valence-corrected chi connectivity index (χ4v) is 4.68. The molecule has 2 aromatic rings. The van der Waals surface area contributed by atoms with Crippen LogP contribution in [0.2, 0.25) is 0 Å². The number of rotatable bonds is 15. The van der Waals surface area contributed by atoms with Gasteiger partial charge < -0.3 is 25.7 Å². The summed E-state index contributed by atoms with van der Waals surface area (Å²) in [5.41, 5.74) is 5.08. The first-order chi connectivity index (χ1) is 19.8. The number of nitrogens with zero attached hydrogens (tertiary/aromatic N) is 5. The van der Waals surface area contributed by atoms with Crippen LogP contribution in [0.1, 0.15) is 43.7 Å². The molecular weight excluding hydrogens is 522 g/mol. The van der Waals surface area contributed by atoms with Crippen LogP contribution in [0.25, 0.3) is 17.2 Å². The van der Waals surface area contributed by atoms with Crippen LogP contribution >= 0.6 is 0 Å². The predicted molar refractivity (Wildman–Crippen MR) is 161 cm³/mol. The summed E-state index contributed by atoms with van der Waals surface area (Å²) in [4.78, 5) is 40.0. The lowest BCUT2D eigenvalue weighted by Crippen LogP contribution is -2.35. The molecule has 0 aliphatic carbocycles. The normalized spacial score (nSPS) is 14.6. The smallest absolute Gasteiger partial charge is 0.310 e. The zero-order valence-corrected chi connectivity index (χ0v) is 24.2. The lowest BCUT2D eigenvalue weighted by atomic mass is 9.99. The van der Waals surface area contributed by atoms with E-state index in [9.17, 15) is 14.5 Å². The van der Waals surface area contributed by atoms with Gasteiger partial charge in [0.2, 0.25) is 5.91 Å². The lowest BCUT2D eigenvalue weighted by Gasteiger charge is -2.23. The summed E-state index contributed by atoms with van der Waals surface area (Å²) in [7, 11) is 3.98. The average Bonchev–Trinajstić information content (AvgIpc) is 3.14. The summed E-state index contributed by atoms with van der Waals surface area (Å²) in [6.07, 6.45) is 4.03. The number of anilines is 1. The highest BCUT2D eigenvalue weighted by Crippen LogP contribution is 2.32. The quantitative estimate of drug-likeness (QED) is 0.0803. The van der Waals surface area contributed by atoms with E-state index in [0.717, 1.165) is 47.3 Å². The Bertz CT molecular complexity index is 1230. The van der Waals surface area contributed by atoms with Crippen molar-refractivity contribution < 1.29 is 14.3 Å². The molecule has 1 amide bonds. The minimum atomic E-state index is -0.516. The fraction of sp³-hybridized carbons (Fsp3) is 0.467. The predicted octanol–water partition coefficient (Wildman–Crippen LogP) is 4.64. The Kier molecular flexibility index (Phi) is 12.4. The van der Waals surface area contributed by atoms with Crippen molar-refractivity contribution >= 4 is 23.6 Å². The van der Waals surface area contributed by atoms with E-state index in [1.807, 2.05) is 69.6 Å². The van der Waals surface area contributed by atoms with E-state index < -0.39 is 6.17 Å². The molecule has 1 aliphatic rings. The molecule has 3 N–H and O–H groups in total. The van der Waals surface area contributed by atoms with Crippen LogP contribution in [0.5, 0.6) is 0 Å². The van der Waals surface area contributed by atoms with Crippen LogP contribution in [0.4, 0.5) is 5.69 Å². The van der Waals surface area contributed by atoms with Gasteiger partial charge in [-0.05, 0) is 67.8 Å². The highest BCUT2D eigenvalue weighted by Gasteiger charge is 2.25. The SMILES string of the molecule is CCCN(CCCN=O)C(=O)C1=Cc2ccc(-c3ccc(CC(=O)OCCCN(C)C)cc3)cc2NC(N=NN)C1. The van der Waals surface area contributed by atoms with Gasteiger partial charge in [-0.2, -0.15) is 4.91 Å². The second-order valence-electron chi connectivity index (χ2n) is 10.3. The summed E-state index contributed by atoms with van der Waals surface area (Å²) in [6.45, 7) is 4.52. The summed E-state index contributed by atoms with van der Waals surface area (Å²) < 4.78 is 5.34. The molecule has 0 saturated carbocycles. The fourth-order valence-electron chi connectivity index (χ4n) is 4.68. The molecule has 1 heterocycles. The average molecular weight is 564 g/mol. The molecule has 11 nitrogen and oxygen atoms in total. The number of hydrogen-bond donors (Lipinski definition) is 2. The molecule has 220 valence electrons. The third-order valence-corrected chi connectivity index (χ3v) is 6.71. The van der Waals surface area contributed by atoms with Crippen molar-refractivity contribution in [3.8, 4) is 11.1 Å². The number of nitroso groups, excluding NO2 is 1. The number of amides is 1. The van der Waals surface area contributed by atoms with Gasteiger partial charge in [0.25, 0.3) is 0 Å². The van der Waals surface area contributed by atoms with Gasteiger partial charge in [0.15, 0.2) is 0 Å². The van der Waals surface area contributed by atoms with Crippen LogP contribution in [-0.2, 0) is 20.7 Å². The first-order valence-corrected chi connectivity index (χ1v) is 14.0. The maximum atomic E-state index is 13.5. The number of esters is 1. The Hall–Kier alpha value is -4.12. The van der Waals surface area contributed by atoms with Gasteiger partial charge in [-0.15, -0.1) is 5.11 Å². The third kappa shape index (κ3) is 9.78. The number of carbonyl (C=O) groups excluding carboxylic acids is 2. The largest absolute Gasteiger partial charge is 0.465 e. The number of benzene rings is 2. The van der Waals surface area contributed by atoms with Gasteiger partial charge in [0.1, 0.15) is 6.17 Å². The van der Waals surface area contributed by atoms with Crippen LogP contribution in [0.15, 0.2) is 63.6 Å². The molecule has 11 heteroatoms. The molecule has 0 fully saturated rings. The number of nitrogens with one attached hydrogen (secondary N) is 1. The first-order valence-electron chi connectivity index (χ1n) is 14.0. The van der Waals surface area contributed by atoms with Gasteiger partial charge in [-0.1, -0.05) is 53.7 Å². The second-order valence-corrected chi connectivity index (χ2v) is 10.3. The summed E-state index contributed by atoms with van der Waals surface area (Å²) >= 11 is 0. The Morgan fingerprint density at radius 2 is 1.80 bits per heavy atom. The van der Waals surface area contributed by atoms with Crippen molar-refractivity contribution in [3.63, 3.8) is 0 Å². The highest BCUT2D eigenvalue weighted by atomic mass is 16.5. The molecule has 0 bridgehead atoms. The number of nitrogens with two attached hydrogens (primary N) is 1. The van der Waals surface area contributed by atoms with Gasteiger partial charge in [-0.3, -0.25) is 9.59 Å². The molecule has 0 saturated heterocycles. The van der Waals surface area contributed by atoms with Gasteiger partial charge in [-0.25, -0.2) is 0 Å². The monoisotopic (exact) mass is 563 g/mol. The van der Waals surface area contributed by atoms with Gasteiger partial charge in [0, 0.05) is 37.3 Å². The maximum absolute atomic E-state index is 13.5. The minimum Gasteiger partial charge on any atom is -0.465 e. The van der Waals surface area contributed by atoms with E-state index in [1.54, 1.807) is 4.90 Å². The molecule has 0 radical (unpaired) electrons. The van der Waals surface area contributed by atoms with Gasteiger partial charge in [0.05, 0.1) is 19.6 Å². The first kappa shape index (κ1) is 31.4. The molecule has 0 aromatic heterocycles. The molecule has 1 atom stereocenters. The lowest BCUT2D eigenvalue weighted by molar-refractivity contribution is -0.143. The van der Waals surface area contributed by atoms with Crippen molar-refractivity contribution in [3.05, 3.63) is 64.1 Å². The van der Waals surface area contributed by atoms with Gasteiger partial charge >= 0.3 is 5.97 Å². The second kappa shape index (κ2) is 16.2. The van der Waals surface area contributed by atoms with Crippen LogP contribution in [-0.4, -0.2) is 74.7 Å². The van der Waals surface area contributed by atoms with Crippen molar-refractivity contribution in [2.24, 2.45) is 21.4 Å². The van der Waals surface area contributed by atoms with Crippen LogP contribution < -0.4 is 11.2 Å². The minimum absolute atomic E-state index is 0.0967. The van der Waals surface area contributed by atoms with E-state index >= 15 is 0 Å². The third-order valence-electron chi connectivity index (χ3n) is 6.71. The molecule has 1 aliphatic heterocycles. The number of carbonyl (C=O) groups is 2. The Morgan fingerprint density at radius 1 is 1.05 bits per heavy atom. The zero-order valence-electron chi connectivity index (χ0n) is 24.2. The zero-order chi connectivity index (χ0) is 29.6. The molecule has 41 heavy (non-hydrogen) atoms. The maximum Gasteiger partial charge on any atom is 0.310 e. The van der Waals surface area contributed by atoms with E-state index in [1.165, 1.54) is 0 Å². The van der Waals surface area contributed by atoms with E-state index in [0.29, 0.717) is 38.1 Å². The molecule has 3 rings (SSSR count). The summed E-state index contributed by atoms with van der Waals surface area (Å²) in [5.74, 6) is 5.05. The number of ether oxygens (including phenoxy) is 1. The van der Waals surface area contributed by atoms with Crippen molar-refractivity contribution in [1.29, 1.82) is 0 Å². The molecule has 2 aromatic carbocycles. The Morgan fingerprint density at radius 3 is 2.49 bits per heavy atom. The number of fused-ring (bicyclic) bond motifs is 1. The van der Waals surface area contributed by atoms with E-state index in [2.05, 4.69) is 25.7 Å². The standard InChI is InChI=1S/C30H41N7O4/c1-4-14-37(16-5-13-32-40)30(39)26-19-25-12-11-24(20-27(25)33-28(21-26)34-35-31)23-9-7-22(8-10-23)18-29(38)41-17-6-15-36(2)3/h7-12,19-20,28,33H,4-6,13-18,21H2,1-3H3,(H2,31,34). The van der Waals surface area contributed by atoms with E-state index in [-0.39, 0.29) is 24.8 Å². The Balaban J connectivity index is 1.76. The summed E-state index contributed by atoms with van der Waals surface area (Å²) in [6, 6.07) is 13.8. The molecular formula is C30H41N7O4. The van der Waals surface area contributed by atoms with Crippen molar-refractivity contribution in [2.75, 3.05) is 52.2 Å². The molecule has 1 unspecified atom stereocenters. The summed E-state index contributed by atoms with van der Waals surface area (Å²) in [5, 5.41) is 13.9. The van der Waals surface area contributed by atoms with Crippen molar-refractivity contribution in [2.45, 2.75) is 45.2 Å². The number of hydrogen-bond acceptors (Lipinski definition) is 9. The van der Waals surface area contributed by atoms with Crippen LogP contribution in [0.3, 0.4) is 0 Å². The Labute approximate surface area is 241 Å². The molecule has 0 spiro atoms.